The number of aliphatic carboxylic acids is 1. The lowest BCUT2D eigenvalue weighted by Gasteiger charge is -2.28. The zero-order valence-electron chi connectivity index (χ0n) is 12.3. The number of rotatable bonds is 3. The molecule has 2 unspecified atom stereocenters. The fourth-order valence-electron chi connectivity index (χ4n) is 3.20. The first-order chi connectivity index (χ1) is 9.95. The van der Waals surface area contributed by atoms with Crippen molar-refractivity contribution in [1.82, 2.24) is 4.90 Å². The number of amides is 1. The minimum Gasteiger partial charge on any atom is -0.481 e. The molecule has 1 amide bonds. The summed E-state index contributed by atoms with van der Waals surface area (Å²) in [5.41, 5.74) is 0. The van der Waals surface area contributed by atoms with E-state index in [9.17, 15) is 19.5 Å². The number of nitrogens with zero attached hydrogens (tertiary/aromatic N) is 1. The topological polar surface area (TPSA) is 83.9 Å². The molecule has 1 aliphatic carbocycles. The molecule has 0 spiro atoms. The van der Waals surface area contributed by atoms with Crippen molar-refractivity contribution < 1.29 is 24.2 Å². The lowest BCUT2D eigenvalue weighted by Crippen LogP contribution is -2.41. The van der Waals surface area contributed by atoms with Gasteiger partial charge >= 0.3 is 11.9 Å². The van der Waals surface area contributed by atoms with Crippen LogP contribution in [0.1, 0.15) is 19.8 Å². The molecule has 0 radical (unpaired) electrons. The van der Waals surface area contributed by atoms with E-state index in [0.29, 0.717) is 25.9 Å². The Kier molecular flexibility index (Phi) is 4.65. The molecular weight excluding hydrogens is 274 g/mol. The fraction of sp³-hybridized carbons (Fsp3) is 0.667. The SMILES string of the molecule is COC(=O)C1CN(C(=O)[C@@H]2CC=CC[C@@H]2C(=O)O)CC1C. The van der Waals surface area contributed by atoms with Crippen molar-refractivity contribution in [1.29, 1.82) is 0 Å². The van der Waals surface area contributed by atoms with Crippen molar-refractivity contribution in [3.8, 4) is 0 Å². The third-order valence-corrected chi connectivity index (χ3v) is 4.49. The van der Waals surface area contributed by atoms with E-state index >= 15 is 0 Å². The smallest absolute Gasteiger partial charge is 0.310 e. The molecule has 0 saturated carbocycles. The summed E-state index contributed by atoms with van der Waals surface area (Å²) < 4.78 is 4.76. The highest BCUT2D eigenvalue weighted by Gasteiger charge is 2.42. The molecular formula is C15H21NO5. The molecule has 0 bridgehead atoms. The Hall–Kier alpha value is -1.85. The van der Waals surface area contributed by atoms with Crippen LogP contribution in [-0.4, -0.2) is 48.1 Å². The minimum atomic E-state index is -0.936. The van der Waals surface area contributed by atoms with Crippen molar-refractivity contribution in [3.05, 3.63) is 12.2 Å². The molecule has 116 valence electrons. The van der Waals surface area contributed by atoms with Crippen LogP contribution in [0.15, 0.2) is 12.2 Å². The van der Waals surface area contributed by atoms with Crippen molar-refractivity contribution in [2.75, 3.05) is 20.2 Å². The maximum atomic E-state index is 12.6. The van der Waals surface area contributed by atoms with Crippen LogP contribution in [0, 0.1) is 23.7 Å². The first-order valence-electron chi connectivity index (χ1n) is 7.20. The summed E-state index contributed by atoms with van der Waals surface area (Å²) in [6.07, 6.45) is 4.50. The van der Waals surface area contributed by atoms with Crippen LogP contribution in [-0.2, 0) is 19.1 Å². The van der Waals surface area contributed by atoms with Gasteiger partial charge in [0.05, 0.1) is 24.9 Å². The Labute approximate surface area is 123 Å². The molecule has 1 aliphatic heterocycles. The van der Waals surface area contributed by atoms with E-state index in [0.717, 1.165) is 0 Å². The standard InChI is InChI=1S/C15H21NO5/c1-9-7-16(8-12(9)15(20)21-2)13(17)10-5-3-4-6-11(10)14(18)19/h3-4,9-12H,5-8H2,1-2H3,(H,18,19)/t9?,10-,11+,12?/m1/s1. The highest BCUT2D eigenvalue weighted by atomic mass is 16.5. The van der Waals surface area contributed by atoms with Gasteiger partial charge in [0, 0.05) is 13.1 Å². The van der Waals surface area contributed by atoms with Gasteiger partial charge in [0.15, 0.2) is 0 Å². The van der Waals surface area contributed by atoms with E-state index in [2.05, 4.69) is 0 Å². The number of hydrogen-bond acceptors (Lipinski definition) is 4. The first kappa shape index (κ1) is 15.5. The van der Waals surface area contributed by atoms with Gasteiger partial charge in [0.25, 0.3) is 0 Å². The number of carbonyl (C=O) groups excluding carboxylic acids is 2. The van der Waals surface area contributed by atoms with Gasteiger partial charge in [-0.15, -0.1) is 0 Å². The molecule has 1 N–H and O–H groups in total. The number of ether oxygens (including phenoxy) is 1. The molecule has 0 aromatic rings. The van der Waals surface area contributed by atoms with Gasteiger partial charge in [-0.1, -0.05) is 19.1 Å². The monoisotopic (exact) mass is 295 g/mol. The summed E-state index contributed by atoms with van der Waals surface area (Å²) >= 11 is 0. The predicted molar refractivity (Wildman–Crippen MR) is 74.2 cm³/mol. The number of methoxy groups -OCH3 is 1. The highest BCUT2D eigenvalue weighted by Crippen LogP contribution is 2.31. The Morgan fingerprint density at radius 3 is 2.29 bits per heavy atom. The van der Waals surface area contributed by atoms with E-state index in [1.165, 1.54) is 7.11 Å². The molecule has 6 heteroatoms. The van der Waals surface area contributed by atoms with Crippen LogP contribution in [0.4, 0.5) is 0 Å². The van der Waals surface area contributed by atoms with Crippen LogP contribution in [0.25, 0.3) is 0 Å². The van der Waals surface area contributed by atoms with E-state index in [-0.39, 0.29) is 23.7 Å². The molecule has 0 aromatic carbocycles. The normalized spacial score (nSPS) is 32.0. The zero-order chi connectivity index (χ0) is 15.6. The average molecular weight is 295 g/mol. The number of carboxylic acids is 1. The van der Waals surface area contributed by atoms with Gasteiger partial charge in [-0.2, -0.15) is 0 Å². The lowest BCUT2D eigenvalue weighted by molar-refractivity contribution is -0.151. The van der Waals surface area contributed by atoms with Crippen LogP contribution in [0.5, 0.6) is 0 Å². The second kappa shape index (κ2) is 6.28. The second-order valence-corrected chi connectivity index (χ2v) is 5.84. The Morgan fingerprint density at radius 1 is 1.10 bits per heavy atom. The summed E-state index contributed by atoms with van der Waals surface area (Å²) in [4.78, 5) is 37.2. The van der Waals surface area contributed by atoms with Crippen LogP contribution < -0.4 is 0 Å². The number of allylic oxidation sites excluding steroid dienone is 2. The molecule has 1 saturated heterocycles. The molecule has 6 nitrogen and oxygen atoms in total. The van der Waals surface area contributed by atoms with Gasteiger partial charge in [0.2, 0.25) is 5.91 Å². The highest BCUT2D eigenvalue weighted by molar-refractivity contribution is 5.86. The van der Waals surface area contributed by atoms with E-state index < -0.39 is 17.8 Å². The number of carbonyl (C=O) groups is 3. The molecule has 0 aromatic heterocycles. The predicted octanol–water partition coefficient (Wildman–Crippen LogP) is 0.921. The Morgan fingerprint density at radius 2 is 1.71 bits per heavy atom. The average Bonchev–Trinajstić information content (AvgIpc) is 2.87. The fourth-order valence-corrected chi connectivity index (χ4v) is 3.20. The zero-order valence-corrected chi connectivity index (χ0v) is 12.3. The molecule has 1 fully saturated rings. The second-order valence-electron chi connectivity index (χ2n) is 5.84. The lowest BCUT2D eigenvalue weighted by atomic mass is 9.82. The maximum Gasteiger partial charge on any atom is 0.310 e. The number of carboxylic acid groups (broad SMARTS) is 1. The first-order valence-corrected chi connectivity index (χ1v) is 7.20. The Bertz CT molecular complexity index is 473. The number of esters is 1. The van der Waals surface area contributed by atoms with Gasteiger partial charge in [0.1, 0.15) is 0 Å². The van der Waals surface area contributed by atoms with E-state index in [1.807, 2.05) is 19.1 Å². The van der Waals surface area contributed by atoms with Crippen LogP contribution >= 0.6 is 0 Å². The van der Waals surface area contributed by atoms with Crippen molar-refractivity contribution in [3.63, 3.8) is 0 Å². The van der Waals surface area contributed by atoms with E-state index in [4.69, 9.17) is 4.74 Å². The van der Waals surface area contributed by atoms with Crippen LogP contribution in [0.3, 0.4) is 0 Å². The van der Waals surface area contributed by atoms with Gasteiger partial charge in [-0.25, -0.2) is 0 Å². The number of likely N-dealkylation sites (tertiary alicyclic amines) is 1. The van der Waals surface area contributed by atoms with Gasteiger partial charge in [-0.3, -0.25) is 14.4 Å². The molecule has 4 atom stereocenters. The largest absolute Gasteiger partial charge is 0.481 e. The Balaban J connectivity index is 2.08. The summed E-state index contributed by atoms with van der Waals surface area (Å²) in [5.74, 6) is -2.90. The summed E-state index contributed by atoms with van der Waals surface area (Å²) in [5, 5.41) is 9.25. The van der Waals surface area contributed by atoms with Crippen molar-refractivity contribution >= 4 is 17.8 Å². The molecule has 2 rings (SSSR count). The molecule has 1 heterocycles. The van der Waals surface area contributed by atoms with Gasteiger partial charge < -0.3 is 14.7 Å². The van der Waals surface area contributed by atoms with E-state index in [1.54, 1.807) is 4.90 Å². The summed E-state index contributed by atoms with van der Waals surface area (Å²) in [6.45, 7) is 2.70. The molecule has 21 heavy (non-hydrogen) atoms. The molecule has 2 aliphatic rings. The van der Waals surface area contributed by atoms with Gasteiger partial charge in [-0.05, 0) is 18.8 Å². The van der Waals surface area contributed by atoms with Crippen molar-refractivity contribution in [2.24, 2.45) is 23.7 Å². The quantitative estimate of drug-likeness (QED) is 0.618. The minimum absolute atomic E-state index is 0.0313. The van der Waals surface area contributed by atoms with Crippen molar-refractivity contribution in [2.45, 2.75) is 19.8 Å². The number of hydrogen-bond donors (Lipinski definition) is 1. The summed E-state index contributed by atoms with van der Waals surface area (Å²) in [6, 6.07) is 0. The third-order valence-electron chi connectivity index (χ3n) is 4.49. The third kappa shape index (κ3) is 3.09. The van der Waals surface area contributed by atoms with Crippen LogP contribution in [0.2, 0.25) is 0 Å². The maximum absolute atomic E-state index is 12.6. The summed E-state index contributed by atoms with van der Waals surface area (Å²) in [7, 11) is 1.34.